The lowest BCUT2D eigenvalue weighted by atomic mass is 10.2. The maximum atomic E-state index is 14.2. The largest absolute Gasteiger partial charge is 0.312 e. The zero-order valence-corrected chi connectivity index (χ0v) is 14.6. The van der Waals surface area contributed by atoms with Gasteiger partial charge in [0.05, 0.1) is 0 Å². The van der Waals surface area contributed by atoms with Crippen LogP contribution in [0.3, 0.4) is 0 Å². The highest BCUT2D eigenvalue weighted by Gasteiger charge is 2.06. The summed E-state index contributed by atoms with van der Waals surface area (Å²) in [5, 5.41) is 3.33. The summed E-state index contributed by atoms with van der Waals surface area (Å²) in [6, 6.07) is 13.3. The van der Waals surface area contributed by atoms with E-state index < -0.39 is 0 Å². The van der Waals surface area contributed by atoms with E-state index in [1.54, 1.807) is 6.07 Å². The maximum absolute atomic E-state index is 14.2. The van der Waals surface area contributed by atoms with Crippen LogP contribution in [0.2, 0.25) is 0 Å². The fourth-order valence-electron chi connectivity index (χ4n) is 1.90. The molecule has 0 atom stereocenters. The van der Waals surface area contributed by atoms with Crippen molar-refractivity contribution >= 4 is 27.7 Å². The van der Waals surface area contributed by atoms with Crippen molar-refractivity contribution in [3.05, 3.63) is 58.3 Å². The minimum absolute atomic E-state index is 0.163. The molecule has 0 saturated carbocycles. The van der Waals surface area contributed by atoms with E-state index >= 15 is 0 Å². The van der Waals surface area contributed by atoms with Gasteiger partial charge in [-0.25, -0.2) is 4.39 Å². The van der Waals surface area contributed by atoms with E-state index in [1.807, 2.05) is 36.4 Å². The smallest absolute Gasteiger partial charge is 0.137 e. The number of hydrogen-bond donors (Lipinski definition) is 1. The SMILES string of the molecule is CC(C)CNCc1ccc(Sc2cccc(Br)c2)c(F)c1. The third-order valence-corrected chi connectivity index (χ3v) is 4.44. The minimum atomic E-state index is -0.163. The van der Waals surface area contributed by atoms with Gasteiger partial charge in [0.1, 0.15) is 5.82 Å². The molecule has 0 radical (unpaired) electrons. The van der Waals surface area contributed by atoms with Gasteiger partial charge >= 0.3 is 0 Å². The molecule has 2 aromatic carbocycles. The van der Waals surface area contributed by atoms with Gasteiger partial charge in [0, 0.05) is 20.8 Å². The van der Waals surface area contributed by atoms with Crippen LogP contribution in [0, 0.1) is 11.7 Å². The molecule has 4 heteroatoms. The van der Waals surface area contributed by atoms with Gasteiger partial charge in [-0.15, -0.1) is 0 Å². The number of benzene rings is 2. The van der Waals surface area contributed by atoms with Gasteiger partial charge in [-0.3, -0.25) is 0 Å². The molecule has 0 fully saturated rings. The van der Waals surface area contributed by atoms with Crippen LogP contribution < -0.4 is 5.32 Å². The predicted molar refractivity (Wildman–Crippen MR) is 91.2 cm³/mol. The first-order valence-electron chi connectivity index (χ1n) is 6.97. The zero-order valence-electron chi connectivity index (χ0n) is 12.2. The van der Waals surface area contributed by atoms with E-state index in [0.29, 0.717) is 17.4 Å². The second-order valence-electron chi connectivity index (χ2n) is 5.35. The molecular weight excluding hydrogens is 349 g/mol. The Bertz CT molecular complexity index is 601. The van der Waals surface area contributed by atoms with Crippen LogP contribution >= 0.6 is 27.7 Å². The van der Waals surface area contributed by atoms with Crippen LogP contribution in [0.15, 0.2) is 56.7 Å². The van der Waals surface area contributed by atoms with Crippen molar-refractivity contribution in [1.82, 2.24) is 5.32 Å². The molecule has 0 amide bonds. The van der Waals surface area contributed by atoms with Crippen LogP contribution in [0.1, 0.15) is 19.4 Å². The summed E-state index contributed by atoms with van der Waals surface area (Å²) < 4.78 is 15.2. The number of halogens is 2. The Kier molecular flexibility index (Phi) is 6.27. The first-order chi connectivity index (χ1) is 10.0. The van der Waals surface area contributed by atoms with Gasteiger partial charge in [0.25, 0.3) is 0 Å². The van der Waals surface area contributed by atoms with Crippen LogP contribution in [0.25, 0.3) is 0 Å². The third-order valence-electron chi connectivity index (χ3n) is 2.90. The molecule has 0 bridgehead atoms. The van der Waals surface area contributed by atoms with Crippen molar-refractivity contribution in [2.24, 2.45) is 5.92 Å². The monoisotopic (exact) mass is 367 g/mol. The molecule has 0 saturated heterocycles. The molecule has 0 unspecified atom stereocenters. The predicted octanol–water partition coefficient (Wildman–Crippen LogP) is 5.49. The molecule has 0 aliphatic heterocycles. The molecule has 21 heavy (non-hydrogen) atoms. The normalized spacial score (nSPS) is 11.1. The Morgan fingerprint density at radius 2 is 2.00 bits per heavy atom. The number of rotatable bonds is 6. The average molecular weight is 368 g/mol. The summed E-state index contributed by atoms with van der Waals surface area (Å²) in [5.41, 5.74) is 0.978. The summed E-state index contributed by atoms with van der Waals surface area (Å²) in [4.78, 5) is 1.68. The molecule has 0 heterocycles. The Labute approximate surface area is 138 Å². The van der Waals surface area contributed by atoms with Crippen molar-refractivity contribution < 1.29 is 4.39 Å². The molecule has 0 spiro atoms. The maximum Gasteiger partial charge on any atom is 0.137 e. The van der Waals surface area contributed by atoms with Crippen LogP contribution in [0.4, 0.5) is 4.39 Å². The summed E-state index contributed by atoms with van der Waals surface area (Å²) in [6.07, 6.45) is 0. The summed E-state index contributed by atoms with van der Waals surface area (Å²) >= 11 is 4.87. The van der Waals surface area contributed by atoms with Crippen molar-refractivity contribution in [2.45, 2.75) is 30.2 Å². The van der Waals surface area contributed by atoms with Gasteiger partial charge < -0.3 is 5.32 Å². The van der Waals surface area contributed by atoms with E-state index in [0.717, 1.165) is 21.5 Å². The lowest BCUT2D eigenvalue weighted by Gasteiger charge is -2.09. The quantitative estimate of drug-likeness (QED) is 0.724. The van der Waals surface area contributed by atoms with Crippen molar-refractivity contribution in [3.63, 3.8) is 0 Å². The highest BCUT2D eigenvalue weighted by molar-refractivity contribution is 9.10. The fourth-order valence-corrected chi connectivity index (χ4v) is 3.33. The van der Waals surface area contributed by atoms with E-state index in [4.69, 9.17) is 0 Å². The Morgan fingerprint density at radius 1 is 1.19 bits per heavy atom. The van der Waals surface area contributed by atoms with E-state index in [2.05, 4.69) is 35.1 Å². The first-order valence-corrected chi connectivity index (χ1v) is 8.58. The van der Waals surface area contributed by atoms with Crippen LogP contribution in [0.5, 0.6) is 0 Å². The van der Waals surface area contributed by atoms with Crippen LogP contribution in [-0.4, -0.2) is 6.54 Å². The summed E-state index contributed by atoms with van der Waals surface area (Å²) in [7, 11) is 0. The Morgan fingerprint density at radius 3 is 2.67 bits per heavy atom. The Hall–Kier alpha value is -0.840. The van der Waals surface area contributed by atoms with Gasteiger partial charge in [-0.05, 0) is 48.4 Å². The average Bonchev–Trinajstić information content (AvgIpc) is 2.41. The van der Waals surface area contributed by atoms with Crippen molar-refractivity contribution in [3.8, 4) is 0 Å². The molecular formula is C17H19BrFNS. The standard InChI is InChI=1S/C17H19BrFNS/c1-12(2)10-20-11-13-6-7-17(16(19)8-13)21-15-5-3-4-14(18)9-15/h3-9,12,20H,10-11H2,1-2H3. The van der Waals surface area contributed by atoms with E-state index in [-0.39, 0.29) is 5.82 Å². The second-order valence-corrected chi connectivity index (χ2v) is 7.38. The highest BCUT2D eigenvalue weighted by Crippen LogP contribution is 2.31. The molecule has 0 aliphatic carbocycles. The summed E-state index contributed by atoms with van der Waals surface area (Å²) in [6.45, 7) is 5.96. The zero-order chi connectivity index (χ0) is 15.2. The fraction of sp³-hybridized carbons (Fsp3) is 0.294. The van der Waals surface area contributed by atoms with Crippen molar-refractivity contribution in [2.75, 3.05) is 6.54 Å². The topological polar surface area (TPSA) is 12.0 Å². The van der Waals surface area contributed by atoms with E-state index in [9.17, 15) is 4.39 Å². The lowest BCUT2D eigenvalue weighted by molar-refractivity contribution is 0.548. The third kappa shape index (κ3) is 5.46. The van der Waals surface area contributed by atoms with Gasteiger partial charge in [0.15, 0.2) is 0 Å². The van der Waals surface area contributed by atoms with Crippen molar-refractivity contribution in [1.29, 1.82) is 0 Å². The second kappa shape index (κ2) is 7.97. The molecule has 1 N–H and O–H groups in total. The first kappa shape index (κ1) is 16.5. The number of hydrogen-bond acceptors (Lipinski definition) is 2. The molecule has 112 valence electrons. The molecule has 2 rings (SSSR count). The lowest BCUT2D eigenvalue weighted by Crippen LogP contribution is -2.18. The van der Waals surface area contributed by atoms with Gasteiger partial charge in [-0.1, -0.05) is 53.7 Å². The Balaban J connectivity index is 2.02. The van der Waals surface area contributed by atoms with Crippen LogP contribution in [-0.2, 0) is 6.54 Å². The number of nitrogens with one attached hydrogen (secondary N) is 1. The summed E-state index contributed by atoms with van der Waals surface area (Å²) in [5.74, 6) is 0.435. The van der Waals surface area contributed by atoms with Gasteiger partial charge in [0.2, 0.25) is 0 Å². The highest BCUT2D eigenvalue weighted by atomic mass is 79.9. The minimum Gasteiger partial charge on any atom is -0.312 e. The molecule has 0 aliphatic rings. The van der Waals surface area contributed by atoms with E-state index in [1.165, 1.54) is 11.8 Å². The molecule has 2 aromatic rings. The van der Waals surface area contributed by atoms with Gasteiger partial charge in [-0.2, -0.15) is 0 Å². The molecule has 0 aromatic heterocycles. The molecule has 1 nitrogen and oxygen atoms in total.